The first-order chi connectivity index (χ1) is 13.1. The number of halogens is 2. The molecule has 3 aromatic rings. The zero-order valence-corrected chi connectivity index (χ0v) is 15.7. The second kappa shape index (κ2) is 7.23. The third kappa shape index (κ3) is 3.99. The molecule has 0 spiro atoms. The number of carboxylic acids is 1. The van der Waals surface area contributed by atoms with E-state index in [1.54, 1.807) is 29.0 Å². The normalized spacial score (nSPS) is 12.2. The van der Waals surface area contributed by atoms with Crippen LogP contribution in [-0.4, -0.2) is 24.1 Å². The minimum Gasteiger partial charge on any atom is -0.481 e. The van der Waals surface area contributed by atoms with Crippen LogP contribution in [-0.2, 0) is 27.3 Å². The van der Waals surface area contributed by atoms with Crippen LogP contribution < -0.4 is 4.72 Å². The molecule has 2 N–H and O–H groups in total. The van der Waals surface area contributed by atoms with E-state index in [9.17, 15) is 22.0 Å². The molecular formula is C19H18F2N2O4S. The molecule has 0 saturated carbocycles. The van der Waals surface area contributed by atoms with Crippen molar-refractivity contribution in [2.75, 3.05) is 4.72 Å². The first kappa shape index (κ1) is 19.8. The van der Waals surface area contributed by atoms with Crippen molar-refractivity contribution < 1.29 is 27.1 Å². The largest absolute Gasteiger partial charge is 0.481 e. The second-order valence-corrected chi connectivity index (χ2v) is 8.04. The summed E-state index contributed by atoms with van der Waals surface area (Å²) < 4.78 is 57.5. The molecule has 2 aromatic carbocycles. The van der Waals surface area contributed by atoms with Gasteiger partial charge >= 0.3 is 5.97 Å². The van der Waals surface area contributed by atoms with Crippen molar-refractivity contribution in [3.05, 3.63) is 60.3 Å². The number of carbonyl (C=O) groups is 1. The summed E-state index contributed by atoms with van der Waals surface area (Å²) in [4.78, 5) is 10.4. The van der Waals surface area contributed by atoms with Gasteiger partial charge in [-0.15, -0.1) is 0 Å². The molecule has 0 aliphatic carbocycles. The summed E-state index contributed by atoms with van der Waals surface area (Å²) in [6.07, 6.45) is 1.51. The van der Waals surface area contributed by atoms with Gasteiger partial charge in [0.05, 0.1) is 22.5 Å². The van der Waals surface area contributed by atoms with Crippen LogP contribution in [0, 0.1) is 0 Å². The highest BCUT2D eigenvalue weighted by Gasteiger charge is 2.32. The number of aromatic nitrogens is 1. The summed E-state index contributed by atoms with van der Waals surface area (Å²) in [6, 6.07) is 11.5. The monoisotopic (exact) mass is 408 g/mol. The Morgan fingerprint density at radius 1 is 1.14 bits per heavy atom. The average Bonchev–Trinajstić information content (AvgIpc) is 3.03. The van der Waals surface area contributed by atoms with E-state index in [1.165, 1.54) is 18.2 Å². The maximum Gasteiger partial charge on any atom is 0.305 e. The molecule has 1 heterocycles. The molecule has 9 heteroatoms. The number of fused-ring (bicyclic) bond motifs is 1. The van der Waals surface area contributed by atoms with E-state index in [1.807, 2.05) is 0 Å². The molecule has 0 fully saturated rings. The van der Waals surface area contributed by atoms with Gasteiger partial charge in [-0.2, -0.15) is 0 Å². The summed E-state index contributed by atoms with van der Waals surface area (Å²) in [5, 5.41) is 9.59. The minimum absolute atomic E-state index is 0.140. The number of hydrogen-bond donors (Lipinski definition) is 2. The fraction of sp³-hybridized carbons (Fsp3) is 0.211. The quantitative estimate of drug-likeness (QED) is 0.618. The van der Waals surface area contributed by atoms with Crippen LogP contribution in [0.2, 0.25) is 0 Å². The molecule has 1 aromatic heterocycles. The number of benzene rings is 2. The number of carboxylic acid groups (broad SMARTS) is 1. The van der Waals surface area contributed by atoms with Crippen LogP contribution in [0.15, 0.2) is 59.6 Å². The number of para-hydroxylation sites is 1. The van der Waals surface area contributed by atoms with Crippen molar-refractivity contribution in [3.8, 4) is 0 Å². The maximum atomic E-state index is 13.9. The number of aryl methyl sites for hydroxylation is 1. The number of aliphatic carboxylic acids is 1. The van der Waals surface area contributed by atoms with Crippen molar-refractivity contribution in [2.45, 2.75) is 30.7 Å². The summed E-state index contributed by atoms with van der Waals surface area (Å²) in [6.45, 7) is 0.778. The van der Waals surface area contributed by atoms with E-state index >= 15 is 0 Å². The van der Waals surface area contributed by atoms with Gasteiger partial charge in [0.25, 0.3) is 15.9 Å². The molecule has 28 heavy (non-hydrogen) atoms. The summed E-state index contributed by atoms with van der Waals surface area (Å²) in [5.41, 5.74) is 0.0612. The summed E-state index contributed by atoms with van der Waals surface area (Å²) >= 11 is 0. The lowest BCUT2D eigenvalue weighted by molar-refractivity contribution is -0.137. The molecule has 0 amide bonds. The van der Waals surface area contributed by atoms with Crippen molar-refractivity contribution in [2.24, 2.45) is 0 Å². The Balaban J connectivity index is 2.06. The number of hydrogen-bond acceptors (Lipinski definition) is 3. The Labute approximate surface area is 160 Å². The number of alkyl halides is 2. The molecule has 0 aliphatic heterocycles. The van der Waals surface area contributed by atoms with E-state index in [0.717, 1.165) is 12.1 Å². The molecular weight excluding hydrogens is 390 g/mol. The van der Waals surface area contributed by atoms with Gasteiger partial charge in [0.1, 0.15) is 0 Å². The number of sulfonamides is 1. The van der Waals surface area contributed by atoms with Crippen molar-refractivity contribution >= 4 is 32.6 Å². The van der Waals surface area contributed by atoms with Gasteiger partial charge in [0.2, 0.25) is 0 Å². The van der Waals surface area contributed by atoms with E-state index in [2.05, 4.69) is 4.72 Å². The lowest BCUT2D eigenvalue weighted by atomic mass is 10.1. The van der Waals surface area contributed by atoms with Gasteiger partial charge in [0, 0.05) is 30.6 Å². The van der Waals surface area contributed by atoms with Gasteiger partial charge in [-0.1, -0.05) is 30.3 Å². The first-order valence-electron chi connectivity index (χ1n) is 8.39. The predicted molar refractivity (Wildman–Crippen MR) is 101 cm³/mol. The van der Waals surface area contributed by atoms with Crippen LogP contribution in [0.1, 0.15) is 18.9 Å². The van der Waals surface area contributed by atoms with Crippen LogP contribution >= 0.6 is 0 Å². The predicted octanol–water partition coefficient (Wildman–Crippen LogP) is 4.03. The second-order valence-electron chi connectivity index (χ2n) is 6.39. The fourth-order valence-corrected chi connectivity index (χ4v) is 4.37. The molecule has 6 nitrogen and oxygen atoms in total. The average molecular weight is 408 g/mol. The number of anilines is 1. The first-order valence-corrected chi connectivity index (χ1v) is 9.88. The SMILES string of the molecule is CC(F)(F)c1ccccc1S(=O)(=O)Nc1cccc2ccn(CCC(=O)O)c12. The Morgan fingerprint density at radius 2 is 1.86 bits per heavy atom. The Hall–Kier alpha value is -2.94. The molecule has 0 radical (unpaired) electrons. The zero-order chi connectivity index (χ0) is 20.5. The smallest absolute Gasteiger partial charge is 0.305 e. The topological polar surface area (TPSA) is 88.4 Å². The van der Waals surface area contributed by atoms with Crippen LogP contribution in [0.4, 0.5) is 14.5 Å². The van der Waals surface area contributed by atoms with Crippen molar-refractivity contribution in [1.82, 2.24) is 4.57 Å². The fourth-order valence-electron chi connectivity index (χ4n) is 3.01. The molecule has 0 unspecified atom stereocenters. The number of nitrogens with zero attached hydrogens (tertiary/aromatic N) is 1. The lowest BCUT2D eigenvalue weighted by Crippen LogP contribution is -2.20. The highest BCUT2D eigenvalue weighted by atomic mass is 32.2. The minimum atomic E-state index is -4.30. The van der Waals surface area contributed by atoms with Crippen LogP contribution in [0.25, 0.3) is 10.9 Å². The van der Waals surface area contributed by atoms with Gasteiger partial charge in [0.15, 0.2) is 0 Å². The third-order valence-corrected chi connectivity index (χ3v) is 5.67. The maximum absolute atomic E-state index is 13.9. The van der Waals surface area contributed by atoms with E-state index in [4.69, 9.17) is 5.11 Å². The van der Waals surface area contributed by atoms with Crippen molar-refractivity contribution in [1.29, 1.82) is 0 Å². The molecule has 0 aliphatic rings. The third-order valence-electron chi connectivity index (χ3n) is 4.25. The molecule has 3 rings (SSSR count). The van der Waals surface area contributed by atoms with Gasteiger partial charge < -0.3 is 9.67 Å². The summed E-state index contributed by atoms with van der Waals surface area (Å²) in [5.74, 6) is -4.32. The highest BCUT2D eigenvalue weighted by molar-refractivity contribution is 7.92. The van der Waals surface area contributed by atoms with Crippen molar-refractivity contribution in [3.63, 3.8) is 0 Å². The van der Waals surface area contributed by atoms with Crippen LogP contribution in [0.3, 0.4) is 0 Å². The molecule has 0 saturated heterocycles. The van der Waals surface area contributed by atoms with Gasteiger partial charge in [-0.3, -0.25) is 9.52 Å². The Bertz CT molecular complexity index is 1130. The molecule has 0 bridgehead atoms. The van der Waals surface area contributed by atoms with Gasteiger partial charge in [-0.25, -0.2) is 17.2 Å². The Kier molecular flexibility index (Phi) is 5.12. The van der Waals surface area contributed by atoms with E-state index in [-0.39, 0.29) is 18.7 Å². The highest BCUT2D eigenvalue weighted by Crippen LogP contribution is 2.34. The van der Waals surface area contributed by atoms with Crippen LogP contribution in [0.5, 0.6) is 0 Å². The van der Waals surface area contributed by atoms with E-state index < -0.39 is 32.4 Å². The number of rotatable bonds is 7. The molecule has 148 valence electrons. The standard InChI is InChI=1S/C19H18F2N2O4S/c1-19(20,21)14-6-2-3-8-16(14)28(26,27)22-15-7-4-5-13-9-11-23(18(13)15)12-10-17(24)25/h2-9,11,22H,10,12H2,1H3,(H,24,25). The zero-order valence-electron chi connectivity index (χ0n) is 14.9. The number of nitrogens with one attached hydrogen (secondary N) is 1. The Morgan fingerprint density at radius 3 is 2.54 bits per heavy atom. The lowest BCUT2D eigenvalue weighted by Gasteiger charge is -2.17. The summed E-state index contributed by atoms with van der Waals surface area (Å²) in [7, 11) is -4.30. The molecule has 0 atom stereocenters. The van der Waals surface area contributed by atoms with Gasteiger partial charge in [-0.05, 0) is 18.2 Å². The van der Waals surface area contributed by atoms with E-state index in [0.29, 0.717) is 17.8 Å².